The third kappa shape index (κ3) is 4.60. The first-order chi connectivity index (χ1) is 12.0. The van der Waals surface area contributed by atoms with E-state index >= 15 is 0 Å². The van der Waals surface area contributed by atoms with Gasteiger partial charge in [-0.15, -0.1) is 6.58 Å². The summed E-state index contributed by atoms with van der Waals surface area (Å²) in [5.74, 6) is -0.912. The number of nitrogens with one attached hydrogen (secondary N) is 1. The Labute approximate surface area is 149 Å². The van der Waals surface area contributed by atoms with Crippen LogP contribution in [0.1, 0.15) is 41.3 Å². The van der Waals surface area contributed by atoms with Crippen LogP contribution in [0.3, 0.4) is 0 Å². The zero-order chi connectivity index (χ0) is 18.3. The maximum atomic E-state index is 11.4. The van der Waals surface area contributed by atoms with Gasteiger partial charge < -0.3 is 10.4 Å². The molecule has 0 aliphatic heterocycles. The van der Waals surface area contributed by atoms with E-state index in [0.717, 1.165) is 29.7 Å². The number of carbonyl (C=O) groups is 1. The standard InChI is InChI=1S/C22H25NO2/c1-4-14-22(2,15-8-11-17-9-6-5-7-10-17)19-16-18(21(24)25)12-13-20(19)23-3/h4-13,16,23H,1,14-15H2,2-3H3,(H,24,25)/b11-8+. The van der Waals surface area contributed by atoms with E-state index in [4.69, 9.17) is 0 Å². The van der Waals surface area contributed by atoms with Crippen molar-refractivity contribution in [2.75, 3.05) is 12.4 Å². The van der Waals surface area contributed by atoms with Gasteiger partial charge in [0, 0.05) is 18.2 Å². The smallest absolute Gasteiger partial charge is 0.335 e. The van der Waals surface area contributed by atoms with Gasteiger partial charge in [-0.25, -0.2) is 4.79 Å². The minimum Gasteiger partial charge on any atom is -0.478 e. The highest BCUT2D eigenvalue weighted by molar-refractivity contribution is 5.88. The van der Waals surface area contributed by atoms with E-state index < -0.39 is 5.97 Å². The van der Waals surface area contributed by atoms with Crippen molar-refractivity contribution in [1.29, 1.82) is 0 Å². The summed E-state index contributed by atoms with van der Waals surface area (Å²) in [5, 5.41) is 12.5. The summed E-state index contributed by atoms with van der Waals surface area (Å²) in [6, 6.07) is 15.4. The monoisotopic (exact) mass is 335 g/mol. The van der Waals surface area contributed by atoms with Crippen LogP contribution in [0, 0.1) is 0 Å². The second kappa shape index (κ2) is 8.34. The summed E-state index contributed by atoms with van der Waals surface area (Å²) in [7, 11) is 1.85. The van der Waals surface area contributed by atoms with Crippen LogP contribution in [-0.2, 0) is 5.41 Å². The molecule has 1 atom stereocenters. The fourth-order valence-electron chi connectivity index (χ4n) is 3.04. The van der Waals surface area contributed by atoms with Crippen LogP contribution < -0.4 is 5.32 Å². The predicted molar refractivity (Wildman–Crippen MR) is 105 cm³/mol. The van der Waals surface area contributed by atoms with Crippen molar-refractivity contribution in [1.82, 2.24) is 0 Å². The number of carboxylic acid groups (broad SMARTS) is 1. The minimum atomic E-state index is -0.912. The maximum Gasteiger partial charge on any atom is 0.335 e. The second-order valence-electron chi connectivity index (χ2n) is 6.39. The lowest BCUT2D eigenvalue weighted by Crippen LogP contribution is -2.22. The highest BCUT2D eigenvalue weighted by atomic mass is 16.4. The van der Waals surface area contributed by atoms with Crippen molar-refractivity contribution in [2.24, 2.45) is 0 Å². The molecule has 0 saturated carbocycles. The van der Waals surface area contributed by atoms with Crippen molar-refractivity contribution in [3.63, 3.8) is 0 Å². The molecule has 1 unspecified atom stereocenters. The van der Waals surface area contributed by atoms with Gasteiger partial charge in [0.05, 0.1) is 5.56 Å². The number of carboxylic acids is 1. The third-order valence-corrected chi connectivity index (χ3v) is 4.46. The van der Waals surface area contributed by atoms with Crippen LogP contribution in [0.25, 0.3) is 6.08 Å². The number of anilines is 1. The van der Waals surface area contributed by atoms with Gasteiger partial charge in [-0.05, 0) is 42.2 Å². The number of hydrogen-bond donors (Lipinski definition) is 2. The fourth-order valence-corrected chi connectivity index (χ4v) is 3.04. The first kappa shape index (κ1) is 18.5. The summed E-state index contributed by atoms with van der Waals surface area (Å²) in [5.41, 5.74) is 3.15. The molecule has 0 spiro atoms. The molecule has 2 aromatic rings. The van der Waals surface area contributed by atoms with Crippen molar-refractivity contribution in [2.45, 2.75) is 25.2 Å². The molecule has 0 aromatic heterocycles. The van der Waals surface area contributed by atoms with Crippen LogP contribution in [0.5, 0.6) is 0 Å². The fraction of sp³-hybridized carbons (Fsp3) is 0.227. The van der Waals surface area contributed by atoms with Gasteiger partial charge >= 0.3 is 5.97 Å². The number of benzene rings is 2. The largest absolute Gasteiger partial charge is 0.478 e. The molecular weight excluding hydrogens is 310 g/mol. The zero-order valence-electron chi connectivity index (χ0n) is 14.8. The molecule has 25 heavy (non-hydrogen) atoms. The van der Waals surface area contributed by atoms with Crippen molar-refractivity contribution in [3.05, 3.63) is 84.0 Å². The van der Waals surface area contributed by atoms with Gasteiger partial charge in [0.1, 0.15) is 0 Å². The van der Waals surface area contributed by atoms with Gasteiger partial charge in [0.2, 0.25) is 0 Å². The molecule has 0 radical (unpaired) electrons. The maximum absolute atomic E-state index is 11.4. The van der Waals surface area contributed by atoms with E-state index in [0.29, 0.717) is 5.56 Å². The lowest BCUT2D eigenvalue weighted by Gasteiger charge is -2.30. The lowest BCUT2D eigenvalue weighted by molar-refractivity contribution is 0.0696. The van der Waals surface area contributed by atoms with E-state index in [2.05, 4.69) is 43.1 Å². The van der Waals surface area contributed by atoms with E-state index in [-0.39, 0.29) is 5.41 Å². The lowest BCUT2D eigenvalue weighted by atomic mass is 9.75. The molecule has 0 heterocycles. The van der Waals surface area contributed by atoms with E-state index in [1.165, 1.54) is 0 Å². The summed E-state index contributed by atoms with van der Waals surface area (Å²) in [4.78, 5) is 11.4. The Balaban J connectivity index is 2.38. The van der Waals surface area contributed by atoms with Crippen molar-refractivity contribution >= 4 is 17.7 Å². The quantitative estimate of drug-likeness (QED) is 0.638. The first-order valence-electron chi connectivity index (χ1n) is 8.38. The predicted octanol–water partition coefficient (Wildman–Crippen LogP) is 5.36. The van der Waals surface area contributed by atoms with Gasteiger partial charge in [-0.3, -0.25) is 0 Å². The Bertz CT molecular complexity index is 765. The van der Waals surface area contributed by atoms with Crippen molar-refractivity contribution in [3.8, 4) is 0 Å². The number of aromatic carboxylic acids is 1. The Morgan fingerprint density at radius 2 is 1.92 bits per heavy atom. The van der Waals surface area contributed by atoms with Gasteiger partial charge in [0.25, 0.3) is 0 Å². The zero-order valence-corrected chi connectivity index (χ0v) is 14.8. The molecule has 0 bridgehead atoms. The highest BCUT2D eigenvalue weighted by Crippen LogP contribution is 2.37. The van der Waals surface area contributed by atoms with Gasteiger partial charge in [-0.1, -0.05) is 55.5 Å². The minimum absolute atomic E-state index is 0.239. The van der Waals surface area contributed by atoms with E-state index in [9.17, 15) is 9.90 Å². The molecule has 0 fully saturated rings. The van der Waals surface area contributed by atoms with Gasteiger partial charge in [0.15, 0.2) is 0 Å². The molecule has 2 aromatic carbocycles. The number of rotatable bonds is 8. The molecule has 3 nitrogen and oxygen atoms in total. The summed E-state index contributed by atoms with van der Waals surface area (Å²) in [6.45, 7) is 6.03. The number of hydrogen-bond acceptors (Lipinski definition) is 2. The summed E-state index contributed by atoms with van der Waals surface area (Å²) < 4.78 is 0. The van der Waals surface area contributed by atoms with Crippen molar-refractivity contribution < 1.29 is 9.90 Å². The highest BCUT2D eigenvalue weighted by Gasteiger charge is 2.27. The molecule has 0 aliphatic carbocycles. The van der Waals surface area contributed by atoms with Crippen LogP contribution in [0.2, 0.25) is 0 Å². The molecule has 0 amide bonds. The average Bonchev–Trinajstić information content (AvgIpc) is 2.62. The normalized spacial score (nSPS) is 13.4. The third-order valence-electron chi connectivity index (χ3n) is 4.46. The topological polar surface area (TPSA) is 49.3 Å². The van der Waals surface area contributed by atoms with E-state index in [1.54, 1.807) is 12.1 Å². The van der Waals surface area contributed by atoms with Crippen LogP contribution >= 0.6 is 0 Å². The Morgan fingerprint density at radius 3 is 2.52 bits per heavy atom. The van der Waals surface area contributed by atoms with Crippen LogP contribution in [0.15, 0.2) is 67.3 Å². The molecule has 0 aliphatic rings. The van der Waals surface area contributed by atoms with E-state index in [1.807, 2.05) is 37.4 Å². The molecule has 2 rings (SSSR count). The Kier molecular flexibility index (Phi) is 6.18. The van der Waals surface area contributed by atoms with Crippen LogP contribution in [0.4, 0.5) is 5.69 Å². The summed E-state index contributed by atoms with van der Waals surface area (Å²) >= 11 is 0. The second-order valence-corrected chi connectivity index (χ2v) is 6.39. The Hall–Kier alpha value is -2.81. The molecule has 2 N–H and O–H groups in total. The molecule has 130 valence electrons. The van der Waals surface area contributed by atoms with Gasteiger partial charge in [-0.2, -0.15) is 0 Å². The SMILES string of the molecule is C=CCC(C)(C/C=C/c1ccccc1)c1cc(C(=O)O)ccc1NC. The molecule has 0 saturated heterocycles. The van der Waals surface area contributed by atoms with Crippen LogP contribution in [-0.4, -0.2) is 18.1 Å². The Morgan fingerprint density at radius 1 is 1.20 bits per heavy atom. The number of allylic oxidation sites excluding steroid dienone is 2. The average molecular weight is 335 g/mol. The first-order valence-corrected chi connectivity index (χ1v) is 8.38. The summed E-state index contributed by atoms with van der Waals surface area (Å²) in [6.07, 6.45) is 7.67. The molecular formula is C22H25NO2. The molecule has 3 heteroatoms.